The van der Waals surface area contributed by atoms with E-state index in [0.29, 0.717) is 12.1 Å². The van der Waals surface area contributed by atoms with E-state index < -0.39 is 22.2 Å². The lowest BCUT2D eigenvalue weighted by atomic mass is 10.0. The molecule has 2 aromatic carbocycles. The third kappa shape index (κ3) is 6.38. The molecular weight excluding hydrogens is 452 g/mol. The van der Waals surface area contributed by atoms with Gasteiger partial charge in [-0.2, -0.15) is 4.31 Å². The number of nitrogens with zero attached hydrogens (tertiary/aromatic N) is 2. The molecule has 0 saturated heterocycles. The van der Waals surface area contributed by atoms with E-state index >= 15 is 0 Å². The fraction of sp³-hybridized carbons (Fsp3) is 0.462. The zero-order valence-electron chi connectivity index (χ0n) is 20.2. The topological polar surface area (TPSA) is 90.3 Å². The zero-order chi connectivity index (χ0) is 24.9. The van der Waals surface area contributed by atoms with Gasteiger partial charge in [-0.25, -0.2) is 8.42 Å². The molecule has 0 fully saturated rings. The molecule has 0 spiro atoms. The molecule has 34 heavy (non-hydrogen) atoms. The predicted molar refractivity (Wildman–Crippen MR) is 132 cm³/mol. The first-order chi connectivity index (χ1) is 16.1. The summed E-state index contributed by atoms with van der Waals surface area (Å²) in [6.07, 6.45) is -1.09. The minimum atomic E-state index is -3.90. The molecule has 2 N–H and O–H groups in total. The highest BCUT2D eigenvalue weighted by Gasteiger charge is 2.38. The van der Waals surface area contributed by atoms with Crippen molar-refractivity contribution >= 4 is 10.0 Å². The second-order valence-electron chi connectivity index (χ2n) is 9.03. The first-order valence-corrected chi connectivity index (χ1v) is 12.9. The maximum atomic E-state index is 13.5. The first kappa shape index (κ1) is 26.2. The van der Waals surface area contributed by atoms with Gasteiger partial charge in [-0.05, 0) is 44.7 Å². The molecule has 4 atom stereocenters. The van der Waals surface area contributed by atoms with Gasteiger partial charge in [0, 0.05) is 37.2 Å². The molecular formula is C26H34N2O5S. The van der Waals surface area contributed by atoms with Gasteiger partial charge in [0.15, 0.2) is 0 Å². The Morgan fingerprint density at radius 2 is 1.91 bits per heavy atom. The molecule has 3 rings (SSSR count). The number of rotatable bonds is 6. The highest BCUT2D eigenvalue weighted by molar-refractivity contribution is 7.89. The van der Waals surface area contributed by atoms with Crippen LogP contribution in [0.4, 0.5) is 0 Å². The maximum absolute atomic E-state index is 13.5. The molecule has 0 bridgehead atoms. The Hall–Kier alpha value is -2.41. The van der Waals surface area contributed by atoms with Crippen LogP contribution in [0.3, 0.4) is 0 Å². The Balaban J connectivity index is 1.99. The van der Waals surface area contributed by atoms with E-state index in [1.807, 2.05) is 32.2 Å². The number of fused-ring (bicyclic) bond motifs is 1. The van der Waals surface area contributed by atoms with Crippen molar-refractivity contribution in [3.05, 3.63) is 59.7 Å². The van der Waals surface area contributed by atoms with Gasteiger partial charge in [-0.15, -0.1) is 0 Å². The summed E-state index contributed by atoms with van der Waals surface area (Å²) in [5, 5.41) is 19.3. The van der Waals surface area contributed by atoms with Crippen LogP contribution in [0.5, 0.6) is 5.75 Å². The summed E-state index contributed by atoms with van der Waals surface area (Å²) in [4.78, 5) is 2.21. The lowest BCUT2D eigenvalue weighted by Gasteiger charge is -2.37. The maximum Gasteiger partial charge on any atom is 0.247 e. The largest absolute Gasteiger partial charge is 0.487 e. The number of aliphatic hydroxyl groups excluding tert-OH is 2. The Morgan fingerprint density at radius 1 is 1.21 bits per heavy atom. The molecule has 0 amide bonds. The minimum Gasteiger partial charge on any atom is -0.487 e. The summed E-state index contributed by atoms with van der Waals surface area (Å²) in [5.74, 6) is 5.64. The summed E-state index contributed by atoms with van der Waals surface area (Å²) in [5.41, 5.74) is 1.74. The molecule has 0 saturated carbocycles. The van der Waals surface area contributed by atoms with E-state index in [4.69, 9.17) is 4.74 Å². The van der Waals surface area contributed by atoms with Crippen molar-refractivity contribution in [1.82, 2.24) is 9.21 Å². The van der Waals surface area contributed by atoms with Crippen LogP contribution in [0.25, 0.3) is 0 Å². The molecule has 1 aliphatic rings. The van der Waals surface area contributed by atoms with Crippen LogP contribution in [0.1, 0.15) is 31.9 Å². The SMILES string of the molecule is C[C@H](O)C#Cc1ccc2c(c1)O[C@@H](CN(C)Cc1ccccc1)[C@H](C)CN([C@@H](C)CO)S2(=O)=O. The van der Waals surface area contributed by atoms with Gasteiger partial charge in [0.1, 0.15) is 22.9 Å². The molecule has 7 nitrogen and oxygen atoms in total. The molecule has 1 heterocycles. The van der Waals surface area contributed by atoms with Crippen molar-refractivity contribution in [2.24, 2.45) is 5.92 Å². The number of hydrogen-bond acceptors (Lipinski definition) is 6. The van der Waals surface area contributed by atoms with Crippen LogP contribution in [-0.4, -0.2) is 72.8 Å². The quantitative estimate of drug-likeness (QED) is 0.609. The fourth-order valence-corrected chi connectivity index (χ4v) is 5.80. The smallest absolute Gasteiger partial charge is 0.247 e. The molecule has 0 aromatic heterocycles. The summed E-state index contributed by atoms with van der Waals surface area (Å²) < 4.78 is 34.8. The van der Waals surface area contributed by atoms with Gasteiger partial charge in [0.25, 0.3) is 0 Å². The van der Waals surface area contributed by atoms with Crippen LogP contribution in [0.2, 0.25) is 0 Å². The van der Waals surface area contributed by atoms with Crippen molar-refractivity contribution in [3.8, 4) is 17.6 Å². The molecule has 0 radical (unpaired) electrons. The van der Waals surface area contributed by atoms with Gasteiger partial charge in [-0.1, -0.05) is 49.1 Å². The summed E-state index contributed by atoms with van der Waals surface area (Å²) in [7, 11) is -1.89. The number of likely N-dealkylation sites (N-methyl/N-ethyl adjacent to an activating group) is 1. The van der Waals surface area contributed by atoms with Crippen molar-refractivity contribution in [2.75, 3.05) is 26.7 Å². The summed E-state index contributed by atoms with van der Waals surface area (Å²) in [6.45, 7) is 6.50. The van der Waals surface area contributed by atoms with Crippen LogP contribution in [0.15, 0.2) is 53.4 Å². The van der Waals surface area contributed by atoms with Crippen molar-refractivity contribution < 1.29 is 23.4 Å². The highest BCUT2D eigenvalue weighted by atomic mass is 32.2. The van der Waals surface area contributed by atoms with E-state index in [2.05, 4.69) is 28.9 Å². The van der Waals surface area contributed by atoms with Gasteiger partial charge in [0.2, 0.25) is 10.0 Å². The number of benzene rings is 2. The number of ether oxygens (including phenoxy) is 1. The van der Waals surface area contributed by atoms with Crippen LogP contribution in [0, 0.1) is 17.8 Å². The van der Waals surface area contributed by atoms with E-state index in [-0.39, 0.29) is 35.8 Å². The molecule has 0 aliphatic carbocycles. The Bertz CT molecular complexity index is 1120. The zero-order valence-corrected chi connectivity index (χ0v) is 21.0. The van der Waals surface area contributed by atoms with Gasteiger partial charge >= 0.3 is 0 Å². The normalized spacial score (nSPS) is 21.9. The highest BCUT2D eigenvalue weighted by Crippen LogP contribution is 2.34. The third-order valence-corrected chi connectivity index (χ3v) is 7.90. The van der Waals surface area contributed by atoms with Gasteiger partial charge in [-0.3, -0.25) is 4.90 Å². The Labute approximate surface area is 203 Å². The number of aliphatic hydroxyl groups is 2. The van der Waals surface area contributed by atoms with Crippen LogP contribution >= 0.6 is 0 Å². The lowest BCUT2D eigenvalue weighted by molar-refractivity contribution is 0.0733. The van der Waals surface area contributed by atoms with E-state index in [1.165, 1.54) is 15.9 Å². The summed E-state index contributed by atoms with van der Waals surface area (Å²) >= 11 is 0. The van der Waals surface area contributed by atoms with Gasteiger partial charge < -0.3 is 14.9 Å². The average Bonchev–Trinajstić information content (AvgIpc) is 2.80. The van der Waals surface area contributed by atoms with E-state index in [9.17, 15) is 18.6 Å². The van der Waals surface area contributed by atoms with Crippen molar-refractivity contribution in [1.29, 1.82) is 0 Å². The number of hydrogen-bond donors (Lipinski definition) is 2. The Kier molecular flexibility index (Phi) is 8.74. The lowest BCUT2D eigenvalue weighted by Crippen LogP contribution is -2.49. The standard InChI is InChI=1S/C26H34N2O5S/c1-19-15-28(20(2)18-29)34(31,32)26-13-12-22(11-10-21(3)30)14-24(26)33-25(19)17-27(4)16-23-8-6-5-7-9-23/h5-9,12-14,19-21,25,29-30H,15-18H2,1-4H3/t19-,20+,21+,25+/m1/s1. The third-order valence-electron chi connectivity index (χ3n) is 5.88. The molecule has 1 aliphatic heterocycles. The number of sulfonamides is 1. The monoisotopic (exact) mass is 486 g/mol. The first-order valence-electron chi connectivity index (χ1n) is 11.5. The van der Waals surface area contributed by atoms with Crippen LogP contribution < -0.4 is 4.74 Å². The van der Waals surface area contributed by atoms with Crippen molar-refractivity contribution in [2.45, 2.75) is 50.5 Å². The molecule has 2 aromatic rings. The van der Waals surface area contributed by atoms with Crippen LogP contribution in [-0.2, 0) is 16.6 Å². The second-order valence-corrected chi connectivity index (χ2v) is 10.9. The van der Waals surface area contributed by atoms with Crippen molar-refractivity contribution in [3.63, 3.8) is 0 Å². The fourth-order valence-electron chi connectivity index (χ4n) is 3.98. The predicted octanol–water partition coefficient (Wildman–Crippen LogP) is 2.32. The molecule has 184 valence electrons. The Morgan fingerprint density at radius 3 is 2.56 bits per heavy atom. The van der Waals surface area contributed by atoms with E-state index in [1.54, 1.807) is 26.0 Å². The summed E-state index contributed by atoms with van der Waals surface area (Å²) in [6, 6.07) is 14.3. The van der Waals surface area contributed by atoms with E-state index in [0.717, 1.165) is 6.54 Å². The average molecular weight is 487 g/mol. The molecule has 8 heteroatoms. The molecule has 0 unspecified atom stereocenters. The second kappa shape index (κ2) is 11.3. The minimum absolute atomic E-state index is 0.0537. The van der Waals surface area contributed by atoms with Gasteiger partial charge in [0.05, 0.1) is 6.61 Å².